The van der Waals surface area contributed by atoms with Gasteiger partial charge in [0.2, 0.25) is 0 Å². The minimum Gasteiger partial charge on any atom is -0.390 e. The molecule has 0 radical (unpaired) electrons. The number of ether oxygens (including phenoxy) is 1. The normalized spacial score (nSPS) is 29.5. The number of aromatic nitrogens is 3. The summed E-state index contributed by atoms with van der Waals surface area (Å²) in [4.78, 5) is 1.49. The number of rotatable bonds is 1. The molecule has 1 fully saturated rings. The zero-order valence-electron chi connectivity index (χ0n) is 6.84. The maximum atomic E-state index is 9.45. The maximum absolute atomic E-state index is 9.45. The van der Waals surface area contributed by atoms with E-state index in [1.807, 2.05) is 0 Å². The summed E-state index contributed by atoms with van der Waals surface area (Å²) < 4.78 is 5.11. The van der Waals surface area contributed by atoms with Gasteiger partial charge in [-0.3, -0.25) is 0 Å². The lowest BCUT2D eigenvalue weighted by Crippen LogP contribution is -2.16. The van der Waals surface area contributed by atoms with Gasteiger partial charge in [0, 0.05) is 7.05 Å². The van der Waals surface area contributed by atoms with Crippen LogP contribution >= 0.6 is 0 Å². The first kappa shape index (κ1) is 7.70. The van der Waals surface area contributed by atoms with Crippen molar-refractivity contribution in [3.63, 3.8) is 0 Å². The highest BCUT2D eigenvalue weighted by Crippen LogP contribution is 2.22. The molecule has 0 saturated carbocycles. The fourth-order valence-corrected chi connectivity index (χ4v) is 1.36. The summed E-state index contributed by atoms with van der Waals surface area (Å²) in [6, 6.07) is 0. The first-order chi connectivity index (χ1) is 5.77. The Morgan fingerprint density at radius 1 is 1.67 bits per heavy atom. The number of hydrogen-bond donors (Lipinski definition) is 1. The summed E-state index contributed by atoms with van der Waals surface area (Å²) in [5.41, 5.74) is 0.808. The Bertz CT molecular complexity index is 273. The zero-order valence-corrected chi connectivity index (χ0v) is 6.84. The number of aliphatic hydroxyl groups excluding tert-OH is 1. The monoisotopic (exact) mass is 169 g/mol. The highest BCUT2D eigenvalue weighted by Gasteiger charge is 2.29. The fourth-order valence-electron chi connectivity index (χ4n) is 1.36. The molecule has 0 aromatic carbocycles. The Kier molecular flexibility index (Phi) is 1.82. The van der Waals surface area contributed by atoms with Crippen molar-refractivity contribution in [3.05, 3.63) is 11.9 Å². The van der Waals surface area contributed by atoms with Gasteiger partial charge in [0.05, 0.1) is 37.1 Å². The van der Waals surface area contributed by atoms with Gasteiger partial charge in [-0.2, -0.15) is 15.0 Å². The molecule has 2 rings (SSSR count). The van der Waals surface area contributed by atoms with Gasteiger partial charge >= 0.3 is 0 Å². The van der Waals surface area contributed by atoms with E-state index in [-0.39, 0.29) is 5.92 Å². The largest absolute Gasteiger partial charge is 0.390 e. The van der Waals surface area contributed by atoms with Gasteiger partial charge in [-0.05, 0) is 0 Å². The second kappa shape index (κ2) is 2.84. The minimum atomic E-state index is -0.429. The van der Waals surface area contributed by atoms with Crippen LogP contribution in [0.2, 0.25) is 0 Å². The second-order valence-electron chi connectivity index (χ2n) is 2.97. The molecule has 1 aromatic rings. The summed E-state index contributed by atoms with van der Waals surface area (Å²) in [6.07, 6.45) is 1.24. The Balaban J connectivity index is 2.19. The molecular weight excluding hydrogens is 158 g/mol. The predicted octanol–water partition coefficient (Wildman–Crippen LogP) is -0.710. The van der Waals surface area contributed by atoms with Gasteiger partial charge in [0.15, 0.2) is 0 Å². The Hall–Kier alpha value is -0.940. The lowest BCUT2D eigenvalue weighted by molar-refractivity contribution is 0.124. The van der Waals surface area contributed by atoms with Gasteiger partial charge in [0.25, 0.3) is 0 Å². The lowest BCUT2D eigenvalue weighted by Gasteiger charge is -2.06. The van der Waals surface area contributed by atoms with E-state index in [9.17, 15) is 5.11 Å². The number of nitrogens with zero attached hydrogens (tertiary/aromatic N) is 3. The third-order valence-corrected chi connectivity index (χ3v) is 2.05. The number of aliphatic hydroxyl groups is 1. The number of hydrogen-bond acceptors (Lipinski definition) is 4. The van der Waals surface area contributed by atoms with Crippen LogP contribution in [0.15, 0.2) is 6.20 Å². The maximum Gasteiger partial charge on any atom is 0.0907 e. The van der Waals surface area contributed by atoms with Crippen LogP contribution in [-0.2, 0) is 11.8 Å². The Morgan fingerprint density at radius 2 is 2.50 bits per heavy atom. The van der Waals surface area contributed by atoms with Gasteiger partial charge in [0.1, 0.15) is 0 Å². The standard InChI is InChI=1S/C7H11N3O2/c1-10-8-2-6(9-10)5-3-12-4-7(5)11/h2,5,7,11H,3-4H2,1H3/t5-,7+/m0/s1. The van der Waals surface area contributed by atoms with E-state index in [0.29, 0.717) is 13.2 Å². The van der Waals surface area contributed by atoms with Crippen LogP contribution in [0.25, 0.3) is 0 Å². The summed E-state index contributed by atoms with van der Waals surface area (Å²) in [5.74, 6) is -0.00120. The molecular formula is C7H11N3O2. The van der Waals surface area contributed by atoms with Crippen LogP contribution in [0.1, 0.15) is 11.6 Å². The zero-order chi connectivity index (χ0) is 8.55. The molecule has 1 aliphatic heterocycles. The molecule has 5 heteroatoms. The fraction of sp³-hybridized carbons (Fsp3) is 0.714. The highest BCUT2D eigenvalue weighted by molar-refractivity contribution is 5.06. The van der Waals surface area contributed by atoms with Crippen LogP contribution in [0, 0.1) is 0 Å². The van der Waals surface area contributed by atoms with Crippen molar-refractivity contribution in [2.45, 2.75) is 12.0 Å². The molecule has 2 heterocycles. The van der Waals surface area contributed by atoms with E-state index < -0.39 is 6.10 Å². The van der Waals surface area contributed by atoms with E-state index in [2.05, 4.69) is 10.2 Å². The third kappa shape index (κ3) is 1.21. The molecule has 1 N–H and O–H groups in total. The molecule has 1 saturated heterocycles. The highest BCUT2D eigenvalue weighted by atomic mass is 16.5. The van der Waals surface area contributed by atoms with Gasteiger partial charge in [-0.15, -0.1) is 0 Å². The Labute approximate surface area is 70.0 Å². The van der Waals surface area contributed by atoms with Crippen molar-refractivity contribution in [3.8, 4) is 0 Å². The number of aryl methyl sites for hydroxylation is 1. The van der Waals surface area contributed by atoms with Crippen LogP contribution in [0.3, 0.4) is 0 Å². The van der Waals surface area contributed by atoms with E-state index in [1.165, 1.54) is 4.80 Å². The summed E-state index contributed by atoms with van der Waals surface area (Å²) in [7, 11) is 1.76. The van der Waals surface area contributed by atoms with Crippen molar-refractivity contribution in [2.24, 2.45) is 7.05 Å². The van der Waals surface area contributed by atoms with Crippen molar-refractivity contribution < 1.29 is 9.84 Å². The molecule has 0 amide bonds. The molecule has 0 aliphatic carbocycles. The average molecular weight is 169 g/mol. The van der Waals surface area contributed by atoms with E-state index in [1.54, 1.807) is 13.2 Å². The molecule has 1 aliphatic rings. The molecule has 66 valence electrons. The molecule has 0 bridgehead atoms. The lowest BCUT2D eigenvalue weighted by atomic mass is 10.0. The molecule has 0 unspecified atom stereocenters. The molecule has 5 nitrogen and oxygen atoms in total. The quantitative estimate of drug-likeness (QED) is 0.603. The minimum absolute atomic E-state index is 0.00120. The van der Waals surface area contributed by atoms with E-state index >= 15 is 0 Å². The van der Waals surface area contributed by atoms with Crippen molar-refractivity contribution in [1.29, 1.82) is 0 Å². The molecule has 2 atom stereocenters. The molecule has 0 spiro atoms. The second-order valence-corrected chi connectivity index (χ2v) is 2.97. The van der Waals surface area contributed by atoms with Gasteiger partial charge in [-0.25, -0.2) is 0 Å². The van der Waals surface area contributed by atoms with Gasteiger partial charge in [-0.1, -0.05) is 0 Å². The Morgan fingerprint density at radius 3 is 3.00 bits per heavy atom. The van der Waals surface area contributed by atoms with Gasteiger partial charge < -0.3 is 9.84 Å². The van der Waals surface area contributed by atoms with Crippen LogP contribution in [0.4, 0.5) is 0 Å². The molecule has 1 aromatic heterocycles. The topological polar surface area (TPSA) is 60.2 Å². The smallest absolute Gasteiger partial charge is 0.0907 e. The predicted molar refractivity (Wildman–Crippen MR) is 40.6 cm³/mol. The molecule has 12 heavy (non-hydrogen) atoms. The summed E-state index contributed by atoms with van der Waals surface area (Å²) in [6.45, 7) is 0.946. The summed E-state index contributed by atoms with van der Waals surface area (Å²) in [5, 5.41) is 17.5. The SMILES string of the molecule is Cn1ncc([C@@H]2COC[C@H]2O)n1. The van der Waals surface area contributed by atoms with Crippen LogP contribution < -0.4 is 0 Å². The van der Waals surface area contributed by atoms with Crippen molar-refractivity contribution in [2.75, 3.05) is 13.2 Å². The van der Waals surface area contributed by atoms with Crippen molar-refractivity contribution in [1.82, 2.24) is 15.0 Å². The van der Waals surface area contributed by atoms with Crippen LogP contribution in [0.5, 0.6) is 0 Å². The summed E-state index contributed by atoms with van der Waals surface area (Å²) >= 11 is 0. The van der Waals surface area contributed by atoms with E-state index in [4.69, 9.17) is 4.74 Å². The first-order valence-corrected chi connectivity index (χ1v) is 3.89. The average Bonchev–Trinajstić information content (AvgIpc) is 2.58. The van der Waals surface area contributed by atoms with E-state index in [0.717, 1.165) is 5.69 Å². The van der Waals surface area contributed by atoms with Crippen LogP contribution in [-0.4, -0.2) is 39.4 Å². The van der Waals surface area contributed by atoms with Crippen molar-refractivity contribution >= 4 is 0 Å². The third-order valence-electron chi connectivity index (χ3n) is 2.05. The first-order valence-electron chi connectivity index (χ1n) is 3.89.